The van der Waals surface area contributed by atoms with E-state index in [2.05, 4.69) is 27.2 Å². The molecule has 0 fully saturated rings. The highest BCUT2D eigenvalue weighted by atomic mass is 15.0. The minimum atomic E-state index is 0.222. The Bertz CT molecular complexity index is 568. The maximum Gasteiger partial charge on any atom is 0.133 e. The van der Waals surface area contributed by atoms with E-state index in [1.165, 1.54) is 36.1 Å². The van der Waals surface area contributed by atoms with Crippen LogP contribution in [0.15, 0.2) is 30.9 Å². The maximum absolute atomic E-state index is 4.46. The molecule has 1 N–H and O–H groups in total. The lowest BCUT2D eigenvalue weighted by Crippen LogP contribution is -2.12. The van der Waals surface area contributed by atoms with Crippen molar-refractivity contribution in [1.29, 1.82) is 0 Å². The van der Waals surface area contributed by atoms with E-state index in [1.54, 1.807) is 6.33 Å². The first-order chi connectivity index (χ1) is 9.84. The fraction of sp³-hybridized carbons (Fsp3) is 0.438. The van der Waals surface area contributed by atoms with Crippen molar-refractivity contribution in [3.63, 3.8) is 0 Å². The molecule has 4 heteroatoms. The highest BCUT2D eigenvalue weighted by molar-refractivity contribution is 5.48. The normalized spacial score (nSPS) is 16.1. The molecule has 0 saturated heterocycles. The van der Waals surface area contributed by atoms with Crippen LogP contribution in [0.25, 0.3) is 0 Å². The fourth-order valence-corrected chi connectivity index (χ4v) is 2.76. The minimum Gasteiger partial charge on any atom is -0.363 e. The van der Waals surface area contributed by atoms with Crippen molar-refractivity contribution < 1.29 is 0 Å². The van der Waals surface area contributed by atoms with Gasteiger partial charge >= 0.3 is 0 Å². The molecule has 0 saturated carbocycles. The molecule has 1 aliphatic carbocycles. The largest absolute Gasteiger partial charge is 0.363 e. The van der Waals surface area contributed by atoms with Gasteiger partial charge in [-0.1, -0.05) is 6.42 Å². The van der Waals surface area contributed by atoms with Gasteiger partial charge in [-0.15, -0.1) is 0 Å². The summed E-state index contributed by atoms with van der Waals surface area (Å²) in [6.07, 6.45) is 11.3. The third-order valence-corrected chi connectivity index (χ3v) is 3.93. The molecule has 0 aromatic carbocycles. The van der Waals surface area contributed by atoms with Crippen molar-refractivity contribution in [2.45, 2.75) is 45.1 Å². The van der Waals surface area contributed by atoms with E-state index < -0.39 is 0 Å². The van der Waals surface area contributed by atoms with Crippen molar-refractivity contribution >= 4 is 5.82 Å². The molecule has 1 unspecified atom stereocenters. The lowest BCUT2D eigenvalue weighted by Gasteiger charge is -2.18. The molecular formula is C16H20N4. The number of pyridine rings is 1. The summed E-state index contributed by atoms with van der Waals surface area (Å²) in [4.78, 5) is 13.0. The molecular weight excluding hydrogens is 248 g/mol. The summed E-state index contributed by atoms with van der Waals surface area (Å²) in [5, 5.41) is 3.54. The van der Waals surface area contributed by atoms with E-state index in [0.717, 1.165) is 18.7 Å². The van der Waals surface area contributed by atoms with E-state index >= 15 is 0 Å². The van der Waals surface area contributed by atoms with Gasteiger partial charge in [-0.3, -0.25) is 4.98 Å². The van der Waals surface area contributed by atoms with E-state index in [-0.39, 0.29) is 6.04 Å². The predicted octanol–water partition coefficient (Wildman–Crippen LogP) is 3.31. The second-order valence-electron chi connectivity index (χ2n) is 5.35. The monoisotopic (exact) mass is 268 g/mol. The Labute approximate surface area is 119 Å². The van der Waals surface area contributed by atoms with Gasteiger partial charge < -0.3 is 5.32 Å². The second kappa shape index (κ2) is 5.99. The topological polar surface area (TPSA) is 50.7 Å². The lowest BCUT2D eigenvalue weighted by atomic mass is 10.1. The van der Waals surface area contributed by atoms with Crippen molar-refractivity contribution in [3.8, 4) is 0 Å². The quantitative estimate of drug-likeness (QED) is 0.868. The molecule has 1 atom stereocenters. The van der Waals surface area contributed by atoms with Crippen molar-refractivity contribution in [2.24, 2.45) is 0 Å². The zero-order valence-electron chi connectivity index (χ0n) is 11.8. The molecule has 1 aliphatic rings. The van der Waals surface area contributed by atoms with Crippen LogP contribution in [0.4, 0.5) is 5.82 Å². The van der Waals surface area contributed by atoms with Crippen LogP contribution in [0.5, 0.6) is 0 Å². The SMILES string of the molecule is CC(Nc1ncnc2c1CCCCC2)c1ccncc1. The Morgan fingerprint density at radius 2 is 1.85 bits per heavy atom. The zero-order chi connectivity index (χ0) is 13.8. The molecule has 3 rings (SSSR count). The summed E-state index contributed by atoms with van der Waals surface area (Å²) in [5.41, 5.74) is 3.76. The van der Waals surface area contributed by atoms with Gasteiger partial charge in [0.05, 0.1) is 6.04 Å². The van der Waals surface area contributed by atoms with Gasteiger partial charge in [-0.2, -0.15) is 0 Å². The minimum absolute atomic E-state index is 0.222. The van der Waals surface area contributed by atoms with Gasteiger partial charge in [0.25, 0.3) is 0 Å². The van der Waals surface area contributed by atoms with Gasteiger partial charge in [-0.05, 0) is 50.3 Å². The van der Waals surface area contributed by atoms with E-state index in [1.807, 2.05) is 24.5 Å². The van der Waals surface area contributed by atoms with Gasteiger partial charge in [-0.25, -0.2) is 9.97 Å². The first-order valence-corrected chi connectivity index (χ1v) is 7.34. The Morgan fingerprint density at radius 1 is 1.05 bits per heavy atom. The smallest absolute Gasteiger partial charge is 0.133 e. The zero-order valence-corrected chi connectivity index (χ0v) is 11.8. The van der Waals surface area contributed by atoms with E-state index in [4.69, 9.17) is 0 Å². The fourth-order valence-electron chi connectivity index (χ4n) is 2.76. The number of aryl methyl sites for hydroxylation is 1. The molecule has 20 heavy (non-hydrogen) atoms. The number of fused-ring (bicyclic) bond motifs is 1. The third kappa shape index (κ3) is 2.79. The first-order valence-electron chi connectivity index (χ1n) is 7.34. The molecule has 0 aliphatic heterocycles. The average molecular weight is 268 g/mol. The molecule has 0 radical (unpaired) electrons. The summed E-state index contributed by atoms with van der Waals surface area (Å²) in [7, 11) is 0. The van der Waals surface area contributed by atoms with Crippen LogP contribution in [0.1, 0.15) is 49.0 Å². The Hall–Kier alpha value is -1.97. The standard InChI is InChI=1S/C16H20N4/c1-12(13-7-9-17-10-8-13)20-16-14-5-3-2-4-6-15(14)18-11-19-16/h7-12H,2-6H2,1H3,(H,18,19,20). The molecule has 0 amide bonds. The molecule has 2 heterocycles. The van der Waals surface area contributed by atoms with Crippen molar-refractivity contribution in [3.05, 3.63) is 47.7 Å². The van der Waals surface area contributed by atoms with Crippen LogP contribution in [0.3, 0.4) is 0 Å². The van der Waals surface area contributed by atoms with Gasteiger partial charge in [0.2, 0.25) is 0 Å². The lowest BCUT2D eigenvalue weighted by molar-refractivity contribution is 0.708. The van der Waals surface area contributed by atoms with E-state index in [9.17, 15) is 0 Å². The molecule has 0 spiro atoms. The number of anilines is 1. The number of nitrogens with zero attached hydrogens (tertiary/aromatic N) is 3. The number of nitrogens with one attached hydrogen (secondary N) is 1. The summed E-state index contributed by atoms with van der Waals surface area (Å²) in [6, 6.07) is 4.30. The van der Waals surface area contributed by atoms with Crippen molar-refractivity contribution in [2.75, 3.05) is 5.32 Å². The average Bonchev–Trinajstić information content (AvgIpc) is 2.74. The summed E-state index contributed by atoms with van der Waals surface area (Å²) in [6.45, 7) is 2.15. The maximum atomic E-state index is 4.46. The van der Waals surface area contributed by atoms with Crippen LogP contribution in [0, 0.1) is 0 Å². The Balaban J connectivity index is 1.84. The van der Waals surface area contributed by atoms with Crippen LogP contribution in [-0.4, -0.2) is 15.0 Å². The van der Waals surface area contributed by atoms with Crippen LogP contribution in [-0.2, 0) is 12.8 Å². The van der Waals surface area contributed by atoms with Gasteiger partial charge in [0.1, 0.15) is 12.1 Å². The molecule has 2 aromatic heterocycles. The molecule has 104 valence electrons. The highest BCUT2D eigenvalue weighted by Gasteiger charge is 2.16. The van der Waals surface area contributed by atoms with Gasteiger partial charge in [0, 0.05) is 23.7 Å². The predicted molar refractivity (Wildman–Crippen MR) is 79.6 cm³/mol. The first kappa shape index (κ1) is 13.0. The third-order valence-electron chi connectivity index (χ3n) is 3.93. The number of rotatable bonds is 3. The molecule has 2 aromatic rings. The highest BCUT2D eigenvalue weighted by Crippen LogP contribution is 2.26. The Morgan fingerprint density at radius 3 is 2.70 bits per heavy atom. The van der Waals surface area contributed by atoms with Crippen LogP contribution >= 0.6 is 0 Å². The summed E-state index contributed by atoms with van der Waals surface area (Å²) < 4.78 is 0. The number of hydrogen-bond donors (Lipinski definition) is 1. The molecule has 0 bridgehead atoms. The summed E-state index contributed by atoms with van der Waals surface area (Å²) >= 11 is 0. The second-order valence-corrected chi connectivity index (χ2v) is 5.35. The summed E-state index contributed by atoms with van der Waals surface area (Å²) in [5.74, 6) is 1.00. The van der Waals surface area contributed by atoms with Crippen molar-refractivity contribution in [1.82, 2.24) is 15.0 Å². The van der Waals surface area contributed by atoms with Crippen LogP contribution < -0.4 is 5.32 Å². The Kier molecular flexibility index (Phi) is 3.90. The number of hydrogen-bond acceptors (Lipinski definition) is 4. The van der Waals surface area contributed by atoms with E-state index in [0.29, 0.717) is 0 Å². The molecule has 4 nitrogen and oxygen atoms in total. The van der Waals surface area contributed by atoms with Gasteiger partial charge in [0.15, 0.2) is 0 Å². The number of aromatic nitrogens is 3. The van der Waals surface area contributed by atoms with Crippen LogP contribution in [0.2, 0.25) is 0 Å².